The van der Waals surface area contributed by atoms with Crippen molar-refractivity contribution in [1.82, 2.24) is 40.3 Å². The Hall–Kier alpha value is -3.88. The van der Waals surface area contributed by atoms with Crippen molar-refractivity contribution >= 4 is 5.91 Å². The number of nitrogens with one attached hydrogen (secondary N) is 1. The lowest BCUT2D eigenvalue weighted by molar-refractivity contribution is 0.0940. The molecule has 0 spiro atoms. The van der Waals surface area contributed by atoms with Gasteiger partial charge in [0.1, 0.15) is 19.0 Å². The molecule has 2 heterocycles. The summed E-state index contributed by atoms with van der Waals surface area (Å²) in [6.45, 7) is 1.94. The van der Waals surface area contributed by atoms with E-state index in [0.29, 0.717) is 5.56 Å². The number of aromatic nitrogens is 7. The molecule has 1 N–H and O–H groups in total. The molecule has 0 bridgehead atoms. The van der Waals surface area contributed by atoms with E-state index >= 15 is 0 Å². The van der Waals surface area contributed by atoms with Crippen LogP contribution in [0, 0.1) is 0 Å². The average molecular weight is 360 g/mol. The monoisotopic (exact) mass is 360 g/mol. The van der Waals surface area contributed by atoms with Crippen LogP contribution in [0.25, 0.3) is 11.4 Å². The number of hydrogen-bond donors (Lipinski definition) is 1. The summed E-state index contributed by atoms with van der Waals surface area (Å²) in [5, 5.41) is 18.1. The van der Waals surface area contributed by atoms with Crippen LogP contribution >= 0.6 is 0 Å². The summed E-state index contributed by atoms with van der Waals surface area (Å²) < 4.78 is 3.21. The molecule has 9 nitrogen and oxygen atoms in total. The maximum Gasteiger partial charge on any atom is 0.251 e. The van der Waals surface area contributed by atoms with Crippen molar-refractivity contribution in [2.75, 3.05) is 0 Å². The van der Waals surface area contributed by atoms with Gasteiger partial charge in [0.05, 0.1) is 17.4 Å². The van der Waals surface area contributed by atoms with E-state index < -0.39 is 0 Å². The Morgan fingerprint density at radius 2 is 1.67 bits per heavy atom. The zero-order chi connectivity index (χ0) is 18.6. The molecule has 2 aromatic heterocycles. The first-order valence-corrected chi connectivity index (χ1v) is 8.30. The maximum atomic E-state index is 12.5. The summed E-state index contributed by atoms with van der Waals surface area (Å²) in [6.07, 6.45) is 4.63. The minimum Gasteiger partial charge on any atom is -0.346 e. The maximum absolute atomic E-state index is 12.5. The van der Waals surface area contributed by atoms with Crippen molar-refractivity contribution in [3.63, 3.8) is 0 Å². The lowest BCUT2D eigenvalue weighted by Gasteiger charge is -2.15. The van der Waals surface area contributed by atoms with Crippen LogP contribution in [0.2, 0.25) is 0 Å². The van der Waals surface area contributed by atoms with Crippen LogP contribution in [0.5, 0.6) is 0 Å². The van der Waals surface area contributed by atoms with Crippen LogP contribution in [0.15, 0.2) is 67.5 Å². The van der Waals surface area contributed by atoms with Gasteiger partial charge < -0.3 is 5.32 Å². The fourth-order valence-corrected chi connectivity index (χ4v) is 2.67. The smallest absolute Gasteiger partial charge is 0.251 e. The minimum atomic E-state index is -0.147. The van der Waals surface area contributed by atoms with Gasteiger partial charge in [0.2, 0.25) is 0 Å². The second-order valence-electron chi connectivity index (χ2n) is 5.93. The van der Waals surface area contributed by atoms with Gasteiger partial charge in [-0.1, -0.05) is 12.1 Å². The number of carbonyl (C=O) groups is 1. The molecule has 1 unspecified atom stereocenters. The van der Waals surface area contributed by atoms with Gasteiger partial charge in [-0.3, -0.25) is 4.79 Å². The molecule has 1 atom stereocenters. The summed E-state index contributed by atoms with van der Waals surface area (Å²) in [6, 6.07) is 14.7. The number of carbonyl (C=O) groups excluding carboxylic acids is 1. The third-order valence-electron chi connectivity index (χ3n) is 4.17. The van der Waals surface area contributed by atoms with E-state index in [-0.39, 0.29) is 11.9 Å². The first kappa shape index (κ1) is 16.6. The normalized spacial score (nSPS) is 11.9. The molecule has 0 fully saturated rings. The number of tetrazole rings is 1. The molecule has 0 aliphatic carbocycles. The third-order valence-corrected chi connectivity index (χ3v) is 4.17. The SMILES string of the molecule is CC(NC(=O)c1ccc(-n2cnnn2)cc1)c1ccc(-n2cncn2)cc1. The summed E-state index contributed by atoms with van der Waals surface area (Å²) in [4.78, 5) is 16.4. The predicted molar refractivity (Wildman–Crippen MR) is 96.4 cm³/mol. The lowest BCUT2D eigenvalue weighted by atomic mass is 10.1. The first-order valence-electron chi connectivity index (χ1n) is 8.30. The van der Waals surface area contributed by atoms with Crippen LogP contribution in [-0.4, -0.2) is 40.9 Å². The highest BCUT2D eigenvalue weighted by Crippen LogP contribution is 2.16. The molecule has 0 saturated carbocycles. The molecule has 4 rings (SSSR count). The van der Waals surface area contributed by atoms with Crippen LogP contribution < -0.4 is 5.32 Å². The predicted octanol–water partition coefficient (Wildman–Crippen LogP) is 1.73. The van der Waals surface area contributed by atoms with E-state index in [0.717, 1.165) is 16.9 Å². The highest BCUT2D eigenvalue weighted by atomic mass is 16.1. The van der Waals surface area contributed by atoms with Crippen molar-refractivity contribution in [3.8, 4) is 11.4 Å². The van der Waals surface area contributed by atoms with Gasteiger partial charge in [-0.25, -0.2) is 14.3 Å². The van der Waals surface area contributed by atoms with Gasteiger partial charge >= 0.3 is 0 Å². The number of benzene rings is 2. The molecule has 0 saturated heterocycles. The lowest BCUT2D eigenvalue weighted by Crippen LogP contribution is -2.26. The van der Waals surface area contributed by atoms with Crippen LogP contribution in [0.3, 0.4) is 0 Å². The molecule has 134 valence electrons. The van der Waals surface area contributed by atoms with Gasteiger partial charge in [-0.05, 0) is 59.3 Å². The highest BCUT2D eigenvalue weighted by Gasteiger charge is 2.12. The Labute approximate surface area is 154 Å². The minimum absolute atomic E-state index is 0.138. The topological polar surface area (TPSA) is 103 Å². The van der Waals surface area contributed by atoms with Gasteiger partial charge in [0.25, 0.3) is 5.91 Å². The van der Waals surface area contributed by atoms with Gasteiger partial charge in [-0.2, -0.15) is 5.10 Å². The average Bonchev–Trinajstić information content (AvgIpc) is 3.42. The summed E-state index contributed by atoms with van der Waals surface area (Å²) >= 11 is 0. The van der Waals surface area contributed by atoms with Crippen molar-refractivity contribution < 1.29 is 4.79 Å². The van der Waals surface area contributed by atoms with Crippen LogP contribution in [0.1, 0.15) is 28.9 Å². The van der Waals surface area contributed by atoms with E-state index in [1.165, 1.54) is 17.3 Å². The van der Waals surface area contributed by atoms with E-state index in [1.54, 1.807) is 35.3 Å². The molecule has 0 aliphatic heterocycles. The molecule has 9 heteroatoms. The van der Waals surface area contributed by atoms with Crippen molar-refractivity contribution in [2.24, 2.45) is 0 Å². The number of amides is 1. The molecule has 2 aromatic carbocycles. The molecule has 27 heavy (non-hydrogen) atoms. The first-order chi connectivity index (χ1) is 13.2. The van der Waals surface area contributed by atoms with E-state index in [4.69, 9.17) is 0 Å². The molecule has 0 radical (unpaired) electrons. The van der Waals surface area contributed by atoms with E-state index in [2.05, 4.69) is 30.9 Å². The van der Waals surface area contributed by atoms with Crippen molar-refractivity contribution in [2.45, 2.75) is 13.0 Å². The zero-order valence-corrected chi connectivity index (χ0v) is 14.5. The van der Waals surface area contributed by atoms with Crippen LogP contribution in [-0.2, 0) is 0 Å². The molecule has 1 amide bonds. The largest absolute Gasteiger partial charge is 0.346 e. The van der Waals surface area contributed by atoms with Gasteiger partial charge in [-0.15, -0.1) is 5.10 Å². The summed E-state index contributed by atoms with van der Waals surface area (Å²) in [5.41, 5.74) is 3.26. The molecule has 0 aliphatic rings. The zero-order valence-electron chi connectivity index (χ0n) is 14.5. The van der Waals surface area contributed by atoms with Gasteiger partial charge in [0.15, 0.2) is 0 Å². The Morgan fingerprint density at radius 3 is 2.30 bits per heavy atom. The van der Waals surface area contributed by atoms with E-state index in [1.807, 2.05) is 31.2 Å². The van der Waals surface area contributed by atoms with Gasteiger partial charge in [0, 0.05) is 5.56 Å². The molecule has 4 aromatic rings. The number of nitrogens with zero attached hydrogens (tertiary/aromatic N) is 7. The Morgan fingerprint density at radius 1 is 0.963 bits per heavy atom. The number of hydrogen-bond acceptors (Lipinski definition) is 6. The summed E-state index contributed by atoms with van der Waals surface area (Å²) in [7, 11) is 0. The fourth-order valence-electron chi connectivity index (χ4n) is 2.67. The third kappa shape index (κ3) is 3.56. The summed E-state index contributed by atoms with van der Waals surface area (Å²) in [5.74, 6) is -0.147. The van der Waals surface area contributed by atoms with E-state index in [9.17, 15) is 4.79 Å². The van der Waals surface area contributed by atoms with Crippen molar-refractivity contribution in [1.29, 1.82) is 0 Å². The molecular weight excluding hydrogens is 344 g/mol. The highest BCUT2D eigenvalue weighted by molar-refractivity contribution is 5.94. The van der Waals surface area contributed by atoms with Crippen LogP contribution in [0.4, 0.5) is 0 Å². The Bertz CT molecular complexity index is 1010. The Balaban J connectivity index is 1.43. The number of rotatable bonds is 5. The molecular formula is C18H16N8O. The Kier molecular flexibility index (Phi) is 4.40. The second kappa shape index (κ2) is 7.16. The second-order valence-corrected chi connectivity index (χ2v) is 5.93. The quantitative estimate of drug-likeness (QED) is 0.581. The standard InChI is InChI=1S/C18H16N8O/c1-13(14-2-6-16(7-3-14)25-11-19-10-21-25)22-18(27)15-4-8-17(9-5-15)26-12-20-23-24-26/h2-13H,1H3,(H,22,27). The van der Waals surface area contributed by atoms with Crippen molar-refractivity contribution in [3.05, 3.63) is 78.6 Å². The fraction of sp³-hybridized carbons (Fsp3) is 0.111.